The number of amides is 2. The van der Waals surface area contributed by atoms with Crippen LogP contribution in [0.15, 0.2) is 97.1 Å². The average Bonchev–Trinajstić information content (AvgIpc) is 3.38. The van der Waals surface area contributed by atoms with Gasteiger partial charge in [-0.15, -0.1) is 0 Å². The third kappa shape index (κ3) is 7.66. The van der Waals surface area contributed by atoms with Crippen LogP contribution in [0.4, 0.5) is 0 Å². The normalized spacial score (nSPS) is 12.3. The second-order valence-corrected chi connectivity index (χ2v) is 11.6. The quantitative estimate of drug-likeness (QED) is 0.116. The zero-order valence-corrected chi connectivity index (χ0v) is 25.1. The zero-order valence-electron chi connectivity index (χ0n) is 25.1. The molecule has 4 aromatic carbocycles. The molecule has 1 unspecified atom stereocenters. The van der Waals surface area contributed by atoms with Crippen molar-refractivity contribution >= 4 is 17.6 Å². The molecule has 0 bridgehead atoms. The van der Waals surface area contributed by atoms with Crippen LogP contribution in [0.1, 0.15) is 83.1 Å². The third-order valence-electron chi connectivity index (χ3n) is 8.34. The first-order valence-corrected chi connectivity index (χ1v) is 15.3. The van der Waals surface area contributed by atoms with Gasteiger partial charge in [-0.1, -0.05) is 109 Å². The minimum absolute atomic E-state index is 0.00654. The molecule has 0 radical (unpaired) electrons. The number of aryl methyl sites for hydroxylation is 1. The van der Waals surface area contributed by atoms with E-state index in [-0.39, 0.29) is 23.5 Å². The third-order valence-corrected chi connectivity index (χ3v) is 8.34. The number of Topliss-reactive ketones (excluding diaryl/α,β-unsaturated/α-hetero) is 1. The Labute approximate surface area is 254 Å². The van der Waals surface area contributed by atoms with Gasteiger partial charge < -0.3 is 10.6 Å². The summed E-state index contributed by atoms with van der Waals surface area (Å²) >= 11 is 0. The van der Waals surface area contributed by atoms with E-state index < -0.39 is 6.04 Å². The molecule has 2 N–H and O–H groups in total. The number of ketones is 1. The summed E-state index contributed by atoms with van der Waals surface area (Å²) < 4.78 is 0. The fraction of sp³-hybridized carbons (Fsp3) is 0.289. The van der Waals surface area contributed by atoms with Crippen LogP contribution in [0.2, 0.25) is 0 Å². The monoisotopic (exact) mass is 572 g/mol. The van der Waals surface area contributed by atoms with E-state index in [2.05, 4.69) is 72.2 Å². The molecule has 5 nitrogen and oxygen atoms in total. The number of rotatable bonds is 13. The molecule has 0 spiro atoms. The first-order valence-electron chi connectivity index (χ1n) is 15.3. The number of hydrogen-bond donors (Lipinski definition) is 2. The molecule has 5 rings (SSSR count). The summed E-state index contributed by atoms with van der Waals surface area (Å²) in [5.41, 5.74) is 9.24. The van der Waals surface area contributed by atoms with E-state index in [0.29, 0.717) is 19.4 Å². The molecule has 0 heterocycles. The van der Waals surface area contributed by atoms with E-state index in [1.807, 2.05) is 42.5 Å². The van der Waals surface area contributed by atoms with Gasteiger partial charge in [-0.2, -0.15) is 0 Å². The number of hydrogen-bond acceptors (Lipinski definition) is 3. The van der Waals surface area contributed by atoms with Crippen molar-refractivity contribution in [1.82, 2.24) is 10.6 Å². The van der Waals surface area contributed by atoms with Crippen molar-refractivity contribution in [3.05, 3.63) is 130 Å². The SMILES string of the molecule is CC(=O)NC(CCCCCC(=O)c1ccc2c(c1)-c1cc(C)ccc1C2)C(=O)NCC(c1ccccc1)c1ccccc1. The molecule has 43 heavy (non-hydrogen) atoms. The molecule has 1 atom stereocenters. The number of nitrogens with one attached hydrogen (secondary N) is 2. The maximum atomic E-state index is 13.2. The Morgan fingerprint density at radius 3 is 2.02 bits per heavy atom. The predicted molar refractivity (Wildman–Crippen MR) is 172 cm³/mol. The number of carbonyl (C=O) groups excluding carboxylic acids is 3. The van der Waals surface area contributed by atoms with Crippen molar-refractivity contribution in [2.45, 2.75) is 64.3 Å². The van der Waals surface area contributed by atoms with Crippen molar-refractivity contribution in [3.8, 4) is 11.1 Å². The summed E-state index contributed by atoms with van der Waals surface area (Å²) in [4.78, 5) is 38.2. The van der Waals surface area contributed by atoms with Crippen LogP contribution in [0, 0.1) is 6.92 Å². The van der Waals surface area contributed by atoms with Crippen molar-refractivity contribution in [2.75, 3.05) is 6.54 Å². The van der Waals surface area contributed by atoms with Crippen LogP contribution >= 0.6 is 0 Å². The maximum absolute atomic E-state index is 13.2. The molecule has 2 amide bonds. The number of unbranched alkanes of at least 4 members (excludes halogenated alkanes) is 2. The van der Waals surface area contributed by atoms with Gasteiger partial charge in [0.1, 0.15) is 6.04 Å². The molecule has 0 fully saturated rings. The van der Waals surface area contributed by atoms with Gasteiger partial charge in [-0.05, 0) is 65.6 Å². The highest BCUT2D eigenvalue weighted by Gasteiger charge is 2.22. The van der Waals surface area contributed by atoms with Crippen molar-refractivity contribution < 1.29 is 14.4 Å². The van der Waals surface area contributed by atoms with E-state index in [1.54, 1.807) is 0 Å². The lowest BCUT2D eigenvalue weighted by molar-refractivity contribution is -0.128. The van der Waals surface area contributed by atoms with Gasteiger partial charge in [0.25, 0.3) is 0 Å². The Balaban J connectivity index is 1.13. The van der Waals surface area contributed by atoms with Gasteiger partial charge in [-0.3, -0.25) is 14.4 Å². The number of carbonyl (C=O) groups is 3. The molecule has 0 saturated carbocycles. The van der Waals surface area contributed by atoms with E-state index >= 15 is 0 Å². The Morgan fingerprint density at radius 2 is 1.37 bits per heavy atom. The van der Waals surface area contributed by atoms with E-state index in [4.69, 9.17) is 0 Å². The van der Waals surface area contributed by atoms with Crippen LogP contribution in [0.25, 0.3) is 11.1 Å². The Bertz CT molecular complexity index is 1540. The molecule has 1 aliphatic carbocycles. The Kier molecular flexibility index (Phi) is 9.83. The topological polar surface area (TPSA) is 75.3 Å². The lowest BCUT2D eigenvalue weighted by Gasteiger charge is -2.22. The highest BCUT2D eigenvalue weighted by molar-refractivity contribution is 5.98. The van der Waals surface area contributed by atoms with Crippen LogP contribution in [0.3, 0.4) is 0 Å². The molecule has 0 aliphatic heterocycles. The molecular formula is C38H40N2O3. The van der Waals surface area contributed by atoms with Gasteiger partial charge in [0, 0.05) is 31.4 Å². The lowest BCUT2D eigenvalue weighted by Crippen LogP contribution is -2.47. The maximum Gasteiger partial charge on any atom is 0.242 e. The first-order chi connectivity index (χ1) is 20.9. The molecule has 0 aromatic heterocycles. The summed E-state index contributed by atoms with van der Waals surface area (Å²) in [6.45, 7) is 3.97. The van der Waals surface area contributed by atoms with Gasteiger partial charge in [-0.25, -0.2) is 0 Å². The standard InChI is InChI=1S/C38H40N2O3/c1-26-18-19-30-23-31-20-21-32(24-34(31)33(30)22-26)37(42)17-11-5-10-16-36(40-27(2)41)38(43)39-25-35(28-12-6-3-7-13-28)29-14-8-4-9-15-29/h3-4,6-9,12-15,18-22,24,35-36H,5,10-11,16-17,23,25H2,1-2H3,(H,39,43)(H,40,41). The summed E-state index contributed by atoms with van der Waals surface area (Å²) in [5, 5.41) is 5.92. The van der Waals surface area contributed by atoms with Gasteiger partial charge in [0.15, 0.2) is 5.78 Å². The molecular weight excluding hydrogens is 532 g/mol. The number of benzene rings is 4. The van der Waals surface area contributed by atoms with Crippen LogP contribution < -0.4 is 10.6 Å². The first kappa shape index (κ1) is 30.0. The number of fused-ring (bicyclic) bond motifs is 3. The van der Waals surface area contributed by atoms with Crippen LogP contribution in [-0.2, 0) is 16.0 Å². The van der Waals surface area contributed by atoms with E-state index in [0.717, 1.165) is 42.4 Å². The second-order valence-electron chi connectivity index (χ2n) is 11.6. The largest absolute Gasteiger partial charge is 0.353 e. The summed E-state index contributed by atoms with van der Waals surface area (Å²) in [6, 6.07) is 32.3. The average molecular weight is 573 g/mol. The highest BCUT2D eigenvalue weighted by Crippen LogP contribution is 2.37. The summed E-state index contributed by atoms with van der Waals surface area (Å²) in [7, 11) is 0. The molecule has 5 heteroatoms. The minimum atomic E-state index is -0.611. The van der Waals surface area contributed by atoms with Crippen molar-refractivity contribution in [1.29, 1.82) is 0 Å². The van der Waals surface area contributed by atoms with Crippen LogP contribution in [0.5, 0.6) is 0 Å². The lowest BCUT2D eigenvalue weighted by atomic mass is 9.91. The fourth-order valence-corrected chi connectivity index (χ4v) is 6.05. The predicted octanol–water partition coefficient (Wildman–Crippen LogP) is 7.15. The Morgan fingerprint density at radius 1 is 0.744 bits per heavy atom. The smallest absolute Gasteiger partial charge is 0.242 e. The van der Waals surface area contributed by atoms with E-state index in [9.17, 15) is 14.4 Å². The summed E-state index contributed by atoms with van der Waals surface area (Å²) in [5.74, 6) is -0.261. The van der Waals surface area contributed by atoms with Gasteiger partial charge in [0.2, 0.25) is 11.8 Å². The molecule has 220 valence electrons. The van der Waals surface area contributed by atoms with Crippen molar-refractivity contribution in [3.63, 3.8) is 0 Å². The fourth-order valence-electron chi connectivity index (χ4n) is 6.05. The highest BCUT2D eigenvalue weighted by atomic mass is 16.2. The molecule has 0 saturated heterocycles. The Hall–Kier alpha value is -4.51. The zero-order chi connectivity index (χ0) is 30.2. The second kappa shape index (κ2) is 14.1. The molecule has 4 aromatic rings. The van der Waals surface area contributed by atoms with Gasteiger partial charge >= 0.3 is 0 Å². The molecule has 1 aliphatic rings. The van der Waals surface area contributed by atoms with Gasteiger partial charge in [0.05, 0.1) is 0 Å². The summed E-state index contributed by atoms with van der Waals surface area (Å²) in [6.07, 6.45) is 4.19. The van der Waals surface area contributed by atoms with Crippen molar-refractivity contribution in [2.24, 2.45) is 0 Å². The van der Waals surface area contributed by atoms with E-state index in [1.165, 1.54) is 34.7 Å². The van der Waals surface area contributed by atoms with Crippen LogP contribution in [-0.4, -0.2) is 30.2 Å². The minimum Gasteiger partial charge on any atom is -0.353 e.